The number of amides is 1. The van der Waals surface area contributed by atoms with E-state index in [1.807, 2.05) is 18.7 Å². The van der Waals surface area contributed by atoms with Crippen molar-refractivity contribution >= 4 is 38.7 Å². The van der Waals surface area contributed by atoms with Gasteiger partial charge in [-0.05, 0) is 75.2 Å². The van der Waals surface area contributed by atoms with Crippen molar-refractivity contribution in [2.24, 2.45) is 0 Å². The molecule has 2 aromatic heterocycles. The fourth-order valence-corrected chi connectivity index (χ4v) is 7.58. The summed E-state index contributed by atoms with van der Waals surface area (Å²) in [6.07, 6.45) is 4.51. The van der Waals surface area contributed by atoms with Gasteiger partial charge in [-0.3, -0.25) is 18.7 Å². The number of carbonyl (C=O) groups is 1. The Labute approximate surface area is 235 Å². The largest absolute Gasteiger partial charge is 0.352 e. The number of sulfonamides is 1. The summed E-state index contributed by atoms with van der Waals surface area (Å²) in [6.45, 7) is 1.45. The van der Waals surface area contributed by atoms with E-state index in [4.69, 9.17) is 0 Å². The summed E-state index contributed by atoms with van der Waals surface area (Å²) in [5.41, 5.74) is 0.172. The summed E-state index contributed by atoms with van der Waals surface area (Å²) in [7, 11) is -3.82. The number of carbonyl (C=O) groups excluding carboxylic acids is 1. The Balaban J connectivity index is 1.28. The minimum absolute atomic E-state index is 0.0833. The molecule has 0 spiro atoms. The van der Waals surface area contributed by atoms with Gasteiger partial charge in [0.25, 0.3) is 5.56 Å². The van der Waals surface area contributed by atoms with E-state index in [1.54, 1.807) is 16.7 Å². The van der Waals surface area contributed by atoms with Crippen LogP contribution in [-0.2, 0) is 14.8 Å². The van der Waals surface area contributed by atoms with Crippen LogP contribution in [0.1, 0.15) is 56.2 Å². The van der Waals surface area contributed by atoms with Crippen molar-refractivity contribution in [1.82, 2.24) is 24.2 Å². The zero-order valence-corrected chi connectivity index (χ0v) is 23.8. The lowest BCUT2D eigenvalue weighted by atomic mass is 9.91. The van der Waals surface area contributed by atoms with Crippen LogP contribution in [-0.4, -0.2) is 52.5 Å². The molecule has 2 fully saturated rings. The molecule has 5 rings (SSSR count). The Hall–Kier alpha value is -3.03. The number of aromatic nitrogens is 3. The number of thioether (sulfide) groups is 1. The van der Waals surface area contributed by atoms with Crippen molar-refractivity contribution in [1.29, 1.82) is 0 Å². The Bertz CT molecular complexity index is 1620. The van der Waals surface area contributed by atoms with Crippen LogP contribution in [0.4, 0.5) is 4.39 Å². The SMILES string of the molecule is Cc1ccc(S(=O)(=O)NCC(=O)N[C@H]2CC[C@@H](n3c(=O)c4cc(F)cnc4n(C4CCSCC4)c3=O)CC2)cc1. The third-order valence-electron chi connectivity index (χ3n) is 7.66. The van der Waals surface area contributed by atoms with E-state index in [2.05, 4.69) is 15.0 Å². The van der Waals surface area contributed by atoms with Gasteiger partial charge in [0.15, 0.2) is 0 Å². The van der Waals surface area contributed by atoms with Crippen LogP contribution in [0, 0.1) is 12.7 Å². The van der Waals surface area contributed by atoms with Crippen LogP contribution >= 0.6 is 11.8 Å². The van der Waals surface area contributed by atoms with Gasteiger partial charge in [0.05, 0.1) is 23.0 Å². The van der Waals surface area contributed by atoms with E-state index in [-0.39, 0.29) is 28.0 Å². The molecule has 0 unspecified atom stereocenters. The molecule has 0 atom stereocenters. The van der Waals surface area contributed by atoms with Gasteiger partial charge in [-0.1, -0.05) is 17.7 Å². The van der Waals surface area contributed by atoms with E-state index >= 15 is 0 Å². The maximum Gasteiger partial charge on any atom is 0.333 e. The molecule has 0 radical (unpaired) electrons. The lowest BCUT2D eigenvalue weighted by Crippen LogP contribution is -2.47. The number of halogens is 1. The van der Waals surface area contributed by atoms with Crippen LogP contribution in [0.15, 0.2) is 51.0 Å². The molecule has 1 aromatic carbocycles. The molecule has 3 heterocycles. The summed E-state index contributed by atoms with van der Waals surface area (Å²) in [5.74, 6) is 0.696. The van der Waals surface area contributed by atoms with Crippen LogP contribution < -0.4 is 21.3 Å². The Morgan fingerprint density at radius 3 is 2.35 bits per heavy atom. The summed E-state index contributed by atoms with van der Waals surface area (Å²) >= 11 is 1.81. The molecule has 3 aromatic rings. The molecule has 10 nitrogen and oxygen atoms in total. The number of pyridine rings is 1. The van der Waals surface area contributed by atoms with Crippen molar-refractivity contribution in [2.45, 2.75) is 68.5 Å². The lowest BCUT2D eigenvalue weighted by Gasteiger charge is -2.31. The smallest absolute Gasteiger partial charge is 0.333 e. The van der Waals surface area contributed by atoms with E-state index in [9.17, 15) is 27.2 Å². The molecule has 214 valence electrons. The quantitative estimate of drug-likeness (QED) is 0.433. The van der Waals surface area contributed by atoms with Crippen LogP contribution in [0.5, 0.6) is 0 Å². The minimum Gasteiger partial charge on any atom is -0.352 e. The monoisotopic (exact) mass is 589 g/mol. The van der Waals surface area contributed by atoms with Gasteiger partial charge in [-0.15, -0.1) is 0 Å². The number of hydrogen-bond acceptors (Lipinski definition) is 7. The number of nitrogens with zero attached hydrogens (tertiary/aromatic N) is 3. The molecule has 2 N–H and O–H groups in total. The minimum atomic E-state index is -3.82. The van der Waals surface area contributed by atoms with Gasteiger partial charge in [-0.2, -0.15) is 11.8 Å². The van der Waals surface area contributed by atoms with Crippen molar-refractivity contribution in [3.8, 4) is 0 Å². The van der Waals surface area contributed by atoms with Crippen molar-refractivity contribution in [3.63, 3.8) is 0 Å². The van der Waals surface area contributed by atoms with Crippen LogP contribution in [0.3, 0.4) is 0 Å². The normalized spacial score (nSPS) is 20.4. The second-order valence-electron chi connectivity index (χ2n) is 10.4. The van der Waals surface area contributed by atoms with Crippen LogP contribution in [0.2, 0.25) is 0 Å². The maximum absolute atomic E-state index is 14.1. The molecule has 13 heteroatoms. The Morgan fingerprint density at radius 2 is 1.68 bits per heavy atom. The summed E-state index contributed by atoms with van der Waals surface area (Å²) in [6, 6.07) is 6.76. The zero-order chi connectivity index (χ0) is 28.4. The number of aryl methyl sites for hydroxylation is 1. The number of benzene rings is 1. The lowest BCUT2D eigenvalue weighted by molar-refractivity contribution is -0.120. The van der Waals surface area contributed by atoms with Crippen molar-refractivity contribution < 1.29 is 17.6 Å². The molecule has 1 saturated heterocycles. The fourth-order valence-electron chi connectivity index (χ4n) is 5.52. The molecule has 40 heavy (non-hydrogen) atoms. The van der Waals surface area contributed by atoms with E-state index in [0.717, 1.165) is 42.2 Å². The first-order valence-electron chi connectivity index (χ1n) is 13.4. The molecule has 0 bridgehead atoms. The first-order chi connectivity index (χ1) is 19.1. The highest BCUT2D eigenvalue weighted by Gasteiger charge is 2.30. The van der Waals surface area contributed by atoms with Gasteiger partial charge < -0.3 is 5.32 Å². The highest BCUT2D eigenvalue weighted by molar-refractivity contribution is 7.99. The molecular formula is C27H32FN5O5S2. The van der Waals surface area contributed by atoms with E-state index in [0.29, 0.717) is 25.7 Å². The zero-order valence-electron chi connectivity index (χ0n) is 22.1. The first kappa shape index (κ1) is 28.5. The number of rotatable bonds is 7. The Morgan fingerprint density at radius 1 is 1.02 bits per heavy atom. The van der Waals surface area contributed by atoms with E-state index < -0.39 is 45.6 Å². The third-order valence-corrected chi connectivity index (χ3v) is 10.1. The standard InChI is InChI=1S/C27H32FN5O5S2/c1-17-2-8-22(9-3-17)40(37,38)30-16-24(34)31-19-4-6-20(7-5-19)33-26(35)23-14-18(28)15-29-25(23)32(27(33)36)21-10-12-39-13-11-21/h2-3,8-9,14-15,19-21,30H,4-7,10-13,16H2,1H3,(H,31,34)/t19-,20+. The molecule has 1 amide bonds. The summed E-state index contributed by atoms with van der Waals surface area (Å²) in [4.78, 5) is 43.9. The third kappa shape index (κ3) is 6.01. The fraction of sp³-hybridized carbons (Fsp3) is 0.481. The number of hydrogen-bond donors (Lipinski definition) is 2. The highest BCUT2D eigenvalue weighted by Crippen LogP contribution is 2.30. The van der Waals surface area contributed by atoms with Crippen molar-refractivity contribution in [2.75, 3.05) is 18.1 Å². The second kappa shape index (κ2) is 11.8. The Kier molecular flexibility index (Phi) is 8.43. The predicted octanol–water partition coefficient (Wildman–Crippen LogP) is 2.65. The molecule has 1 aliphatic heterocycles. The molecule has 2 aliphatic rings. The first-order valence-corrected chi connectivity index (χ1v) is 16.0. The van der Waals surface area contributed by atoms with Crippen molar-refractivity contribution in [3.05, 3.63) is 68.7 Å². The summed E-state index contributed by atoms with van der Waals surface area (Å²) < 4.78 is 44.2. The highest BCUT2D eigenvalue weighted by atomic mass is 32.2. The van der Waals surface area contributed by atoms with E-state index in [1.165, 1.54) is 16.7 Å². The summed E-state index contributed by atoms with van der Waals surface area (Å²) in [5, 5.41) is 2.95. The average molecular weight is 590 g/mol. The second-order valence-corrected chi connectivity index (χ2v) is 13.4. The molecule has 1 aliphatic carbocycles. The number of nitrogens with one attached hydrogen (secondary N) is 2. The van der Waals surface area contributed by atoms with Crippen LogP contribution in [0.25, 0.3) is 11.0 Å². The molecular weight excluding hydrogens is 557 g/mol. The predicted molar refractivity (Wildman–Crippen MR) is 152 cm³/mol. The van der Waals surface area contributed by atoms with Gasteiger partial charge in [0, 0.05) is 18.1 Å². The topological polar surface area (TPSA) is 132 Å². The molecule has 1 saturated carbocycles. The van der Waals surface area contributed by atoms with Gasteiger partial charge in [0.2, 0.25) is 15.9 Å². The van der Waals surface area contributed by atoms with Gasteiger partial charge in [0.1, 0.15) is 11.5 Å². The number of fused-ring (bicyclic) bond motifs is 1. The van der Waals surface area contributed by atoms with Gasteiger partial charge >= 0.3 is 5.69 Å². The maximum atomic E-state index is 14.1. The average Bonchev–Trinajstić information content (AvgIpc) is 2.94. The van der Waals surface area contributed by atoms with Gasteiger partial charge in [-0.25, -0.2) is 27.3 Å².